The van der Waals surface area contributed by atoms with E-state index in [1.54, 1.807) is 52.0 Å². The molecule has 1 N–H and O–H groups in total. The minimum absolute atomic E-state index is 0.179. The Kier molecular flexibility index (Phi) is 8.08. The van der Waals surface area contributed by atoms with Gasteiger partial charge in [-0.1, -0.05) is 52.6 Å². The summed E-state index contributed by atoms with van der Waals surface area (Å²) in [4.78, 5) is 0. The van der Waals surface area contributed by atoms with Gasteiger partial charge in [-0.25, -0.2) is 43.9 Å². The summed E-state index contributed by atoms with van der Waals surface area (Å²) in [6.45, 7) is 10.6. The molecule has 0 spiro atoms. The molecule has 0 radical (unpaired) electrons. The Morgan fingerprint density at radius 3 is 1.02 bits per heavy atom. The second kappa shape index (κ2) is 11.1. The highest BCUT2D eigenvalue weighted by atomic mass is 31.2. The molecule has 5 rings (SSSR count). The molecular weight excluding hydrogens is 630 g/mol. The molecule has 13 heteroatoms. The molecule has 4 aromatic carbocycles. The van der Waals surface area contributed by atoms with Crippen molar-refractivity contribution in [3.05, 3.63) is 116 Å². The molecule has 45 heavy (non-hydrogen) atoms. The average molecular weight is 657 g/mol. The van der Waals surface area contributed by atoms with Gasteiger partial charge in [0, 0.05) is 10.6 Å². The maximum Gasteiger partial charge on any atom is 0.334 e. The molecule has 1 heterocycles. The van der Waals surface area contributed by atoms with E-state index in [1.807, 2.05) is 13.8 Å². The first-order chi connectivity index (χ1) is 20.9. The SMILES string of the molecule is Cc1cc(C)c(P2(c3c(C)cc(C)cc3C)=[NH+][B-](c3c(F)c(F)c(F)c(F)c3F)(c3c(F)c(F)c(F)c(F)c3F)CC2)c(C)c1. The number of hydrogen-bond donors (Lipinski definition) is 1. The van der Waals surface area contributed by atoms with Crippen molar-refractivity contribution in [1.82, 2.24) is 0 Å². The summed E-state index contributed by atoms with van der Waals surface area (Å²) in [5.41, 5.74) is 0.897. The van der Waals surface area contributed by atoms with Crippen LogP contribution in [0, 0.1) is 99.7 Å². The molecule has 0 aliphatic carbocycles. The zero-order valence-electron chi connectivity index (χ0n) is 25.0. The van der Waals surface area contributed by atoms with Gasteiger partial charge in [-0.2, -0.15) is 0 Å². The highest BCUT2D eigenvalue weighted by molar-refractivity contribution is 7.79. The molecule has 0 unspecified atom stereocenters. The van der Waals surface area contributed by atoms with Crippen molar-refractivity contribution in [3.8, 4) is 0 Å². The maximum absolute atomic E-state index is 15.8. The van der Waals surface area contributed by atoms with E-state index in [0.717, 1.165) is 11.1 Å². The second-order valence-corrected chi connectivity index (χ2v) is 15.2. The van der Waals surface area contributed by atoms with Crippen LogP contribution in [0.4, 0.5) is 43.9 Å². The summed E-state index contributed by atoms with van der Waals surface area (Å²) in [5, 5.41) is 1.14. The Morgan fingerprint density at radius 1 is 0.467 bits per heavy atom. The molecule has 1 nitrogen and oxygen atoms in total. The highest BCUT2D eigenvalue weighted by Crippen LogP contribution is 2.49. The minimum Gasteiger partial charge on any atom is -0.479 e. The standard InChI is InChI=1S/C32H27BF10NP/c1-13-9-15(3)31(16(4)10-13)45(32-17(5)11-14(2)12-18(32)6)8-7-33(44-45,19-21(34)25(38)29(42)26(39)22(19)35)20-23(36)27(40)30(43)28(41)24(20)37/h9-12,44H,7-8H2,1-6H3. The summed E-state index contributed by atoms with van der Waals surface area (Å²) < 4.78 is 154. The van der Waals surface area contributed by atoms with Crippen LogP contribution in [-0.4, -0.2) is 12.4 Å². The van der Waals surface area contributed by atoms with Crippen LogP contribution in [0.1, 0.15) is 33.4 Å². The van der Waals surface area contributed by atoms with Crippen molar-refractivity contribution in [2.45, 2.75) is 47.9 Å². The molecule has 0 bridgehead atoms. The second-order valence-electron chi connectivity index (χ2n) is 12.0. The molecular formula is C32H27BF10NP. The van der Waals surface area contributed by atoms with E-state index in [9.17, 15) is 26.3 Å². The summed E-state index contributed by atoms with van der Waals surface area (Å²) in [6.07, 6.45) is -5.02. The lowest BCUT2D eigenvalue weighted by atomic mass is 9.26. The number of benzene rings is 4. The topological polar surface area (TPSA) is 14.0 Å². The molecule has 0 amide bonds. The number of halogens is 10. The van der Waals surface area contributed by atoms with Crippen LogP contribution in [0.5, 0.6) is 0 Å². The third kappa shape index (κ3) is 4.65. The number of nitrogens with one attached hydrogen (secondary N) is 1. The fourth-order valence-corrected chi connectivity index (χ4v) is 13.2. The monoisotopic (exact) mass is 657 g/mol. The van der Waals surface area contributed by atoms with Crippen LogP contribution in [0.3, 0.4) is 0 Å². The Hall–Kier alpha value is -3.53. The zero-order valence-corrected chi connectivity index (χ0v) is 25.9. The number of hydrogen-bond acceptors (Lipinski definition) is 0. The van der Waals surface area contributed by atoms with Crippen LogP contribution in [0.2, 0.25) is 6.32 Å². The summed E-state index contributed by atoms with van der Waals surface area (Å²) >= 11 is 0. The minimum atomic E-state index is -4.11. The van der Waals surface area contributed by atoms with E-state index in [4.69, 9.17) is 0 Å². The van der Waals surface area contributed by atoms with Gasteiger partial charge >= 0.3 is 6.28 Å². The molecule has 0 aromatic heterocycles. The Balaban J connectivity index is 2.14. The van der Waals surface area contributed by atoms with Crippen molar-refractivity contribution in [2.24, 2.45) is 0 Å². The van der Waals surface area contributed by atoms with Crippen molar-refractivity contribution < 1.29 is 48.6 Å². The van der Waals surface area contributed by atoms with Crippen molar-refractivity contribution >= 4 is 34.9 Å². The summed E-state index contributed by atoms with van der Waals surface area (Å²) in [7, 11) is -3.42. The Labute approximate surface area is 253 Å². The maximum atomic E-state index is 15.8. The van der Waals surface area contributed by atoms with Crippen LogP contribution in [0.25, 0.3) is 0 Å². The molecule has 0 fully saturated rings. The quantitative estimate of drug-likeness (QED) is 0.0920. The van der Waals surface area contributed by atoms with E-state index >= 15 is 17.6 Å². The average Bonchev–Trinajstić information content (AvgIpc) is 3.32. The summed E-state index contributed by atoms with van der Waals surface area (Å²) in [6, 6.07) is 7.20. The molecule has 1 aliphatic heterocycles. The van der Waals surface area contributed by atoms with Crippen molar-refractivity contribution in [1.29, 1.82) is 0 Å². The lowest BCUT2D eigenvalue weighted by Gasteiger charge is -2.32. The van der Waals surface area contributed by atoms with E-state index < -0.39 is 88.8 Å². The largest absolute Gasteiger partial charge is 0.479 e. The van der Waals surface area contributed by atoms with Crippen LogP contribution in [-0.2, 0) is 0 Å². The zero-order chi connectivity index (χ0) is 33.5. The van der Waals surface area contributed by atoms with Gasteiger partial charge in [0.25, 0.3) is 0 Å². The molecule has 0 saturated carbocycles. The normalized spacial score (nSPS) is 15.5. The van der Waals surface area contributed by atoms with Crippen molar-refractivity contribution in [3.63, 3.8) is 0 Å². The Bertz CT molecular complexity index is 1770. The smallest absolute Gasteiger partial charge is 0.334 e. The third-order valence-corrected chi connectivity index (χ3v) is 13.6. The van der Waals surface area contributed by atoms with Gasteiger partial charge in [0.2, 0.25) is 0 Å². The van der Waals surface area contributed by atoms with Crippen LogP contribution < -0.4 is 26.2 Å². The summed E-state index contributed by atoms with van der Waals surface area (Å²) in [5.74, 6) is -24.5. The van der Waals surface area contributed by atoms with Gasteiger partial charge < -0.3 is 4.66 Å². The van der Waals surface area contributed by atoms with Crippen molar-refractivity contribution in [2.75, 3.05) is 6.16 Å². The Morgan fingerprint density at radius 2 is 0.733 bits per heavy atom. The first-order valence-corrected chi connectivity index (χ1v) is 15.9. The van der Waals surface area contributed by atoms with Crippen LogP contribution >= 0.6 is 7.05 Å². The van der Waals surface area contributed by atoms with Crippen LogP contribution in [0.15, 0.2) is 24.3 Å². The molecule has 0 atom stereocenters. The molecule has 1 aliphatic rings. The van der Waals surface area contributed by atoms with Gasteiger partial charge in [-0.15, -0.1) is 0 Å². The van der Waals surface area contributed by atoms with Gasteiger partial charge in [-0.3, -0.25) is 0 Å². The van der Waals surface area contributed by atoms with E-state index in [0.29, 0.717) is 32.9 Å². The lowest BCUT2D eigenvalue weighted by molar-refractivity contribution is -0.269. The molecule has 4 aromatic rings. The number of rotatable bonds is 4. The fraction of sp³-hybridized carbons (Fsp3) is 0.250. The van der Waals surface area contributed by atoms with E-state index in [-0.39, 0.29) is 6.16 Å². The fourth-order valence-electron chi connectivity index (χ4n) is 7.58. The predicted molar refractivity (Wildman–Crippen MR) is 156 cm³/mol. The van der Waals surface area contributed by atoms with Gasteiger partial charge in [-0.05, 0) is 70.0 Å². The van der Waals surface area contributed by atoms with Gasteiger partial charge in [0.1, 0.15) is 30.3 Å². The predicted octanol–water partition coefficient (Wildman–Crippen LogP) is 5.93. The van der Waals surface area contributed by atoms with Gasteiger partial charge in [0.05, 0.1) is 0 Å². The first kappa shape index (κ1) is 32.9. The van der Waals surface area contributed by atoms with Gasteiger partial charge in [0.15, 0.2) is 34.9 Å². The van der Waals surface area contributed by atoms with E-state index in [1.165, 1.54) is 0 Å². The first-order valence-electron chi connectivity index (χ1n) is 14.0. The third-order valence-electron chi connectivity index (χ3n) is 8.85. The molecule has 238 valence electrons. The lowest BCUT2D eigenvalue weighted by Crippen LogP contribution is -2.97. The van der Waals surface area contributed by atoms with E-state index in [2.05, 4.69) is 4.66 Å². The number of aryl methyl sites for hydroxylation is 6. The molecule has 0 saturated heterocycles. The highest BCUT2D eigenvalue weighted by Gasteiger charge is 2.55.